The van der Waals surface area contributed by atoms with Gasteiger partial charge in [-0.15, -0.1) is 0 Å². The Labute approximate surface area is 144 Å². The molecule has 7 heteroatoms. The highest BCUT2D eigenvalue weighted by Gasteiger charge is 2.29. The van der Waals surface area contributed by atoms with Crippen LogP contribution < -0.4 is 15.9 Å². The molecule has 25 heavy (non-hydrogen) atoms. The average molecular weight is 358 g/mol. The van der Waals surface area contributed by atoms with E-state index in [0.29, 0.717) is 5.30 Å². The maximum absolute atomic E-state index is 10.3. The zero-order chi connectivity index (χ0) is 18.1. The van der Waals surface area contributed by atoms with E-state index >= 15 is 0 Å². The molecule has 3 aromatic carbocycles. The van der Waals surface area contributed by atoms with Crippen LogP contribution in [-0.4, -0.2) is 30.6 Å². The van der Waals surface area contributed by atoms with Crippen LogP contribution >= 0.6 is 7.92 Å². The van der Waals surface area contributed by atoms with Gasteiger partial charge < -0.3 is 30.6 Å². The lowest BCUT2D eigenvalue weighted by Crippen LogP contribution is -2.22. The van der Waals surface area contributed by atoms with Crippen LogP contribution in [0, 0.1) is 0 Å². The van der Waals surface area contributed by atoms with Crippen molar-refractivity contribution in [3.63, 3.8) is 0 Å². The Hall–Kier alpha value is -3.11. The summed E-state index contributed by atoms with van der Waals surface area (Å²) in [7, 11) is -1.78. The highest BCUT2D eigenvalue weighted by molar-refractivity contribution is 7.80. The summed E-state index contributed by atoms with van der Waals surface area (Å²) in [6, 6.07) is 13.0. The number of phenolic OH excluding ortho intramolecular Hbond substituents is 6. The van der Waals surface area contributed by atoms with E-state index in [4.69, 9.17) is 0 Å². The van der Waals surface area contributed by atoms with Crippen LogP contribution in [0.3, 0.4) is 0 Å². The molecule has 0 heterocycles. The van der Waals surface area contributed by atoms with Gasteiger partial charge in [0.25, 0.3) is 0 Å². The standard InChI is InChI=1S/C18H15O6P/c19-10-6-13(21)17(14(22)7-10)25(12-4-2-1-3-5-12)18-15(23)8-11(20)9-16(18)24/h1-9,19-24H. The normalized spacial score (nSPS) is 10.9. The van der Waals surface area contributed by atoms with Gasteiger partial charge in [0.2, 0.25) is 0 Å². The molecule has 0 atom stereocenters. The Kier molecular flexibility index (Phi) is 4.30. The second-order valence-corrected chi connectivity index (χ2v) is 7.42. The molecule has 0 radical (unpaired) electrons. The first-order valence-electron chi connectivity index (χ1n) is 7.23. The molecule has 0 saturated heterocycles. The smallest absolute Gasteiger partial charge is 0.131 e. The molecule has 0 saturated carbocycles. The van der Waals surface area contributed by atoms with Crippen molar-refractivity contribution in [1.82, 2.24) is 0 Å². The van der Waals surface area contributed by atoms with Crippen molar-refractivity contribution >= 4 is 23.8 Å². The number of hydrogen-bond donors (Lipinski definition) is 6. The lowest BCUT2D eigenvalue weighted by Gasteiger charge is -2.23. The van der Waals surface area contributed by atoms with Gasteiger partial charge in [0.15, 0.2) is 0 Å². The molecule has 3 aromatic rings. The van der Waals surface area contributed by atoms with Crippen LogP contribution in [0.25, 0.3) is 0 Å². The van der Waals surface area contributed by atoms with Crippen LogP contribution in [0.5, 0.6) is 34.5 Å². The fraction of sp³-hybridized carbons (Fsp3) is 0. The van der Waals surface area contributed by atoms with Crippen LogP contribution in [-0.2, 0) is 0 Å². The molecular weight excluding hydrogens is 343 g/mol. The van der Waals surface area contributed by atoms with Crippen molar-refractivity contribution in [2.75, 3.05) is 0 Å². The van der Waals surface area contributed by atoms with E-state index in [1.54, 1.807) is 30.3 Å². The quantitative estimate of drug-likeness (QED) is 0.396. The van der Waals surface area contributed by atoms with Gasteiger partial charge in [0.1, 0.15) is 34.5 Å². The van der Waals surface area contributed by atoms with E-state index in [1.807, 2.05) is 0 Å². The summed E-state index contributed by atoms with van der Waals surface area (Å²) < 4.78 is 0. The van der Waals surface area contributed by atoms with Gasteiger partial charge in [-0.25, -0.2) is 0 Å². The van der Waals surface area contributed by atoms with Crippen molar-refractivity contribution < 1.29 is 30.6 Å². The fourth-order valence-corrected chi connectivity index (χ4v) is 4.97. The fourth-order valence-electron chi connectivity index (χ4n) is 2.58. The minimum Gasteiger partial charge on any atom is -0.508 e. The maximum Gasteiger partial charge on any atom is 0.131 e. The predicted molar refractivity (Wildman–Crippen MR) is 95.1 cm³/mol. The van der Waals surface area contributed by atoms with Crippen molar-refractivity contribution in [3.8, 4) is 34.5 Å². The third-order valence-electron chi connectivity index (χ3n) is 3.57. The molecule has 0 amide bonds. The minimum atomic E-state index is -1.78. The topological polar surface area (TPSA) is 121 Å². The van der Waals surface area contributed by atoms with Gasteiger partial charge in [0.05, 0.1) is 10.6 Å². The van der Waals surface area contributed by atoms with Crippen LogP contribution in [0.2, 0.25) is 0 Å². The highest BCUT2D eigenvalue weighted by Crippen LogP contribution is 2.46. The molecule has 0 bridgehead atoms. The molecule has 6 N–H and O–H groups in total. The van der Waals surface area contributed by atoms with Crippen molar-refractivity contribution in [2.24, 2.45) is 0 Å². The summed E-state index contributed by atoms with van der Waals surface area (Å²) in [6.07, 6.45) is 0. The zero-order valence-electron chi connectivity index (χ0n) is 12.8. The number of rotatable bonds is 3. The highest BCUT2D eigenvalue weighted by atomic mass is 31.1. The summed E-state index contributed by atoms with van der Waals surface area (Å²) in [5, 5.41) is 61.0. The molecule has 0 aliphatic rings. The van der Waals surface area contributed by atoms with Crippen molar-refractivity contribution in [1.29, 1.82) is 0 Å². The van der Waals surface area contributed by atoms with Gasteiger partial charge in [-0.05, 0) is 5.30 Å². The lowest BCUT2D eigenvalue weighted by molar-refractivity contribution is 0.433. The third-order valence-corrected chi connectivity index (χ3v) is 6.20. The molecule has 0 aliphatic carbocycles. The van der Waals surface area contributed by atoms with E-state index in [1.165, 1.54) is 0 Å². The second kappa shape index (κ2) is 6.42. The van der Waals surface area contributed by atoms with E-state index in [2.05, 4.69) is 0 Å². The largest absolute Gasteiger partial charge is 0.508 e. The number of phenols is 6. The number of hydrogen-bond acceptors (Lipinski definition) is 6. The first-order valence-corrected chi connectivity index (χ1v) is 8.57. The summed E-state index contributed by atoms with van der Waals surface area (Å²) >= 11 is 0. The van der Waals surface area contributed by atoms with E-state index in [-0.39, 0.29) is 45.1 Å². The predicted octanol–water partition coefficient (Wildman–Crippen LogP) is 1.68. The first-order chi connectivity index (χ1) is 11.9. The van der Waals surface area contributed by atoms with Crippen LogP contribution in [0.4, 0.5) is 0 Å². The van der Waals surface area contributed by atoms with Crippen LogP contribution in [0.15, 0.2) is 54.6 Å². The van der Waals surface area contributed by atoms with Gasteiger partial charge in [0, 0.05) is 32.2 Å². The van der Waals surface area contributed by atoms with Crippen molar-refractivity contribution in [2.45, 2.75) is 0 Å². The SMILES string of the molecule is Oc1cc(O)c(P(c2ccccc2)c2c(O)cc(O)cc2O)c(O)c1. The monoisotopic (exact) mass is 358 g/mol. The Balaban J connectivity index is 2.34. The average Bonchev–Trinajstić information content (AvgIpc) is 2.52. The van der Waals surface area contributed by atoms with Gasteiger partial charge in [-0.2, -0.15) is 0 Å². The van der Waals surface area contributed by atoms with Gasteiger partial charge in [-0.3, -0.25) is 0 Å². The Bertz CT molecular complexity index is 823. The molecule has 0 fully saturated rings. The van der Waals surface area contributed by atoms with E-state index in [9.17, 15) is 30.6 Å². The summed E-state index contributed by atoms with van der Waals surface area (Å²) in [6.45, 7) is 0. The molecule has 6 nitrogen and oxygen atoms in total. The van der Waals surface area contributed by atoms with Crippen LogP contribution in [0.1, 0.15) is 0 Å². The molecule has 3 rings (SSSR count). The lowest BCUT2D eigenvalue weighted by atomic mass is 10.3. The molecular formula is C18H15O6P. The van der Waals surface area contributed by atoms with Gasteiger partial charge in [-0.1, -0.05) is 30.3 Å². The Morgan fingerprint density at radius 3 is 1.24 bits per heavy atom. The molecule has 0 aromatic heterocycles. The van der Waals surface area contributed by atoms with Crippen molar-refractivity contribution in [3.05, 3.63) is 54.6 Å². The molecule has 0 aliphatic heterocycles. The Morgan fingerprint density at radius 2 is 0.880 bits per heavy atom. The maximum atomic E-state index is 10.3. The minimum absolute atomic E-state index is 0.0651. The second-order valence-electron chi connectivity index (χ2n) is 5.34. The summed E-state index contributed by atoms with van der Waals surface area (Å²) in [5.74, 6) is -2.14. The summed E-state index contributed by atoms with van der Waals surface area (Å²) in [5.41, 5.74) is 0. The molecule has 128 valence electrons. The molecule has 0 unspecified atom stereocenters. The van der Waals surface area contributed by atoms with E-state index in [0.717, 1.165) is 24.3 Å². The first kappa shape index (κ1) is 16.7. The Morgan fingerprint density at radius 1 is 0.520 bits per heavy atom. The molecule has 0 spiro atoms. The third kappa shape index (κ3) is 3.12. The van der Waals surface area contributed by atoms with E-state index < -0.39 is 7.92 Å². The van der Waals surface area contributed by atoms with Gasteiger partial charge >= 0.3 is 0 Å². The number of benzene rings is 3. The zero-order valence-corrected chi connectivity index (χ0v) is 13.7. The number of aromatic hydroxyl groups is 6. The summed E-state index contributed by atoms with van der Waals surface area (Å²) in [4.78, 5) is 0.